The number of carbonyl (C=O) groups is 1. The van der Waals surface area contributed by atoms with Crippen molar-refractivity contribution in [2.24, 2.45) is 5.41 Å². The minimum atomic E-state index is -1.09. The molecule has 0 bridgehead atoms. The predicted octanol–water partition coefficient (Wildman–Crippen LogP) is 1.27. The minimum Gasteiger partial charge on any atom is -0.481 e. The highest BCUT2D eigenvalue weighted by Gasteiger charge is 2.36. The number of aliphatic carboxylic acids is 1. The third kappa shape index (κ3) is 4.01. The smallest absolute Gasteiger partial charge is 0.313 e. The second-order valence-electron chi connectivity index (χ2n) is 8.43. The summed E-state index contributed by atoms with van der Waals surface area (Å²) in [6.07, 6.45) is 3.60. The second kappa shape index (κ2) is 7.59. The summed E-state index contributed by atoms with van der Waals surface area (Å²) in [6, 6.07) is 0. The second-order valence-corrected chi connectivity index (χ2v) is 8.43. The van der Waals surface area contributed by atoms with Crippen molar-refractivity contribution in [1.82, 2.24) is 9.97 Å². The molecule has 1 aromatic heterocycles. The van der Waals surface area contributed by atoms with E-state index < -0.39 is 11.4 Å². The molecule has 3 heterocycles. The highest BCUT2D eigenvalue weighted by Crippen LogP contribution is 2.35. The van der Waals surface area contributed by atoms with Crippen LogP contribution in [0, 0.1) is 5.41 Å². The lowest BCUT2D eigenvalue weighted by Gasteiger charge is -2.40. The van der Waals surface area contributed by atoms with Gasteiger partial charge in [0.05, 0.1) is 25.2 Å². The molecule has 2 aliphatic heterocycles. The van der Waals surface area contributed by atoms with Crippen molar-refractivity contribution >= 4 is 17.7 Å². The normalized spacial score (nSPS) is 24.1. The first-order valence-corrected chi connectivity index (χ1v) is 9.56. The van der Waals surface area contributed by atoms with Crippen LogP contribution in [0.4, 0.5) is 11.8 Å². The Morgan fingerprint density at radius 1 is 1.30 bits per heavy atom. The number of ether oxygens (including phenoxy) is 1. The van der Waals surface area contributed by atoms with Gasteiger partial charge in [0.25, 0.3) is 0 Å². The number of carboxylic acid groups (broad SMARTS) is 1. The number of rotatable bonds is 5. The third-order valence-corrected chi connectivity index (χ3v) is 5.72. The zero-order chi connectivity index (χ0) is 19.7. The van der Waals surface area contributed by atoms with Crippen molar-refractivity contribution in [3.05, 3.63) is 11.8 Å². The first-order valence-electron chi connectivity index (χ1n) is 9.56. The van der Waals surface area contributed by atoms with Crippen molar-refractivity contribution in [2.75, 3.05) is 55.8 Å². The van der Waals surface area contributed by atoms with Gasteiger partial charge in [-0.2, -0.15) is 4.98 Å². The summed E-state index contributed by atoms with van der Waals surface area (Å²) in [5, 5.41) is 19.4. The fourth-order valence-electron chi connectivity index (χ4n) is 3.70. The largest absolute Gasteiger partial charge is 0.481 e. The van der Waals surface area contributed by atoms with Gasteiger partial charge in [0, 0.05) is 43.4 Å². The molecule has 0 aromatic carbocycles. The summed E-state index contributed by atoms with van der Waals surface area (Å²) in [6.45, 7) is 9.63. The monoisotopic (exact) mass is 378 g/mol. The molecule has 2 N–H and O–H groups in total. The van der Waals surface area contributed by atoms with Crippen LogP contribution >= 0.6 is 0 Å². The van der Waals surface area contributed by atoms with Gasteiger partial charge in [-0.25, -0.2) is 4.98 Å². The van der Waals surface area contributed by atoms with Crippen LogP contribution in [-0.2, 0) is 14.9 Å². The lowest BCUT2D eigenvalue weighted by Crippen LogP contribution is -2.45. The maximum absolute atomic E-state index is 11.8. The molecule has 150 valence electrons. The summed E-state index contributed by atoms with van der Waals surface area (Å²) in [4.78, 5) is 25.3. The van der Waals surface area contributed by atoms with Crippen molar-refractivity contribution in [3.63, 3.8) is 0 Å². The Labute approximate surface area is 160 Å². The van der Waals surface area contributed by atoms with E-state index in [2.05, 4.69) is 21.7 Å². The maximum Gasteiger partial charge on any atom is 0.313 e. The van der Waals surface area contributed by atoms with E-state index in [4.69, 9.17) is 9.72 Å². The molecule has 0 radical (unpaired) electrons. The molecule has 0 saturated carbocycles. The van der Waals surface area contributed by atoms with Crippen molar-refractivity contribution < 1.29 is 19.7 Å². The molecule has 2 aliphatic rings. The molecule has 3 rings (SSSR count). The Balaban J connectivity index is 1.99. The number of nitrogens with zero attached hydrogens (tertiary/aromatic N) is 4. The SMILES string of the molecule is CC(C)(C(=O)O)c1cnc(N2CCC[C@](C)(CO)C2)nc1N1CCOCC1. The average molecular weight is 378 g/mol. The summed E-state index contributed by atoms with van der Waals surface area (Å²) in [7, 11) is 0. The summed E-state index contributed by atoms with van der Waals surface area (Å²) >= 11 is 0. The minimum absolute atomic E-state index is 0.129. The van der Waals surface area contributed by atoms with E-state index in [-0.39, 0.29) is 12.0 Å². The van der Waals surface area contributed by atoms with E-state index in [1.807, 2.05) is 0 Å². The number of aliphatic hydroxyl groups is 1. The van der Waals surface area contributed by atoms with E-state index in [0.717, 1.165) is 19.4 Å². The van der Waals surface area contributed by atoms with Gasteiger partial charge >= 0.3 is 5.97 Å². The number of hydrogen-bond acceptors (Lipinski definition) is 7. The van der Waals surface area contributed by atoms with Crippen molar-refractivity contribution in [1.29, 1.82) is 0 Å². The number of aliphatic hydroxyl groups excluding tert-OH is 1. The Morgan fingerprint density at radius 2 is 2.00 bits per heavy atom. The van der Waals surface area contributed by atoms with Crippen molar-refractivity contribution in [3.8, 4) is 0 Å². The molecule has 2 fully saturated rings. The third-order valence-electron chi connectivity index (χ3n) is 5.72. The molecule has 1 aromatic rings. The van der Waals surface area contributed by atoms with Gasteiger partial charge < -0.3 is 24.7 Å². The van der Waals surface area contributed by atoms with Gasteiger partial charge in [0.1, 0.15) is 5.82 Å². The van der Waals surface area contributed by atoms with Gasteiger partial charge in [-0.1, -0.05) is 6.92 Å². The van der Waals surface area contributed by atoms with Gasteiger partial charge in [0.2, 0.25) is 5.95 Å². The van der Waals surface area contributed by atoms with Crippen LogP contribution in [0.3, 0.4) is 0 Å². The van der Waals surface area contributed by atoms with Crippen LogP contribution < -0.4 is 9.80 Å². The molecular formula is C19H30N4O4. The first kappa shape index (κ1) is 19.8. The Morgan fingerprint density at radius 3 is 2.63 bits per heavy atom. The highest BCUT2D eigenvalue weighted by atomic mass is 16.5. The number of anilines is 2. The topological polar surface area (TPSA) is 99.0 Å². The molecule has 8 nitrogen and oxygen atoms in total. The van der Waals surface area contributed by atoms with Gasteiger partial charge in [0.15, 0.2) is 0 Å². The maximum atomic E-state index is 11.8. The Hall–Kier alpha value is -1.93. The fourth-order valence-corrected chi connectivity index (χ4v) is 3.70. The molecule has 0 unspecified atom stereocenters. The number of aromatic nitrogens is 2. The first-order chi connectivity index (χ1) is 12.8. The molecule has 27 heavy (non-hydrogen) atoms. The molecule has 0 spiro atoms. The van der Waals surface area contributed by atoms with E-state index in [0.29, 0.717) is 50.2 Å². The number of carboxylic acids is 1. The van der Waals surface area contributed by atoms with Crippen LogP contribution in [-0.4, -0.2) is 72.1 Å². The van der Waals surface area contributed by atoms with E-state index in [1.54, 1.807) is 20.0 Å². The quantitative estimate of drug-likeness (QED) is 0.790. The molecule has 2 saturated heterocycles. The zero-order valence-electron chi connectivity index (χ0n) is 16.4. The summed E-state index contributed by atoms with van der Waals surface area (Å²) in [5.41, 5.74) is -0.643. The van der Waals surface area contributed by atoms with Crippen LogP contribution in [0.25, 0.3) is 0 Å². The number of morpholine rings is 1. The lowest BCUT2D eigenvalue weighted by atomic mass is 9.83. The van der Waals surface area contributed by atoms with Crippen molar-refractivity contribution in [2.45, 2.75) is 39.0 Å². The lowest BCUT2D eigenvalue weighted by molar-refractivity contribution is -0.142. The molecule has 8 heteroatoms. The number of piperidine rings is 1. The standard InChI is InChI=1S/C19H30N4O4/c1-18(2,16(25)26)14-11-20-17(21-15(14)22-7-9-27-10-8-22)23-6-4-5-19(3,12-23)13-24/h11,24H,4-10,12-13H2,1-3H3,(H,25,26)/t19-/m0/s1. The average Bonchev–Trinajstić information content (AvgIpc) is 2.68. The fraction of sp³-hybridized carbons (Fsp3) is 0.737. The van der Waals surface area contributed by atoms with E-state index in [9.17, 15) is 15.0 Å². The molecular weight excluding hydrogens is 348 g/mol. The Kier molecular flexibility index (Phi) is 5.58. The molecule has 0 aliphatic carbocycles. The van der Waals surface area contributed by atoms with Gasteiger partial charge in [-0.3, -0.25) is 4.79 Å². The van der Waals surface area contributed by atoms with Crippen LogP contribution in [0.2, 0.25) is 0 Å². The van der Waals surface area contributed by atoms with Gasteiger partial charge in [-0.15, -0.1) is 0 Å². The number of hydrogen-bond donors (Lipinski definition) is 2. The summed E-state index contributed by atoms with van der Waals surface area (Å²) < 4.78 is 5.44. The molecule has 0 amide bonds. The van der Waals surface area contributed by atoms with E-state index >= 15 is 0 Å². The van der Waals surface area contributed by atoms with Crippen LogP contribution in [0.5, 0.6) is 0 Å². The summed E-state index contributed by atoms with van der Waals surface area (Å²) in [5.74, 6) is 0.368. The highest BCUT2D eigenvalue weighted by molar-refractivity contribution is 5.82. The van der Waals surface area contributed by atoms with Crippen LogP contribution in [0.15, 0.2) is 6.20 Å². The molecule has 1 atom stereocenters. The van der Waals surface area contributed by atoms with Crippen LogP contribution in [0.1, 0.15) is 39.2 Å². The van der Waals surface area contributed by atoms with Gasteiger partial charge in [-0.05, 0) is 26.7 Å². The zero-order valence-corrected chi connectivity index (χ0v) is 16.4. The predicted molar refractivity (Wildman–Crippen MR) is 102 cm³/mol. The Bertz CT molecular complexity index is 690. The van der Waals surface area contributed by atoms with E-state index in [1.165, 1.54) is 0 Å².